The number of aliphatic carboxylic acids is 2. The van der Waals surface area contributed by atoms with E-state index < -0.39 is 24.3 Å². The first kappa shape index (κ1) is 13.4. The minimum atomic E-state index is -1.15. The largest absolute Gasteiger partial charge is 0.481 e. The molecule has 0 saturated carbocycles. The van der Waals surface area contributed by atoms with Gasteiger partial charge in [0.1, 0.15) is 0 Å². The van der Waals surface area contributed by atoms with Gasteiger partial charge in [0.25, 0.3) is 0 Å². The van der Waals surface area contributed by atoms with Crippen LogP contribution in [0.3, 0.4) is 0 Å². The van der Waals surface area contributed by atoms with Crippen molar-refractivity contribution in [3.63, 3.8) is 0 Å². The van der Waals surface area contributed by atoms with Crippen LogP contribution in [0.15, 0.2) is 36.4 Å². The average molecular weight is 279 g/mol. The van der Waals surface area contributed by atoms with Gasteiger partial charge in [-0.25, -0.2) is 0 Å². The third-order valence-electron chi connectivity index (χ3n) is 2.93. The second kappa shape index (κ2) is 5.28. The Balaban J connectivity index is 2.59. The van der Waals surface area contributed by atoms with E-state index in [9.17, 15) is 14.7 Å². The Labute approximate surface area is 114 Å². The van der Waals surface area contributed by atoms with Crippen LogP contribution in [0, 0.1) is 0 Å². The van der Waals surface area contributed by atoms with Crippen molar-refractivity contribution in [1.29, 1.82) is 0 Å². The number of carboxylic acids is 2. The molecule has 0 aromatic heterocycles. The number of carbonyl (C=O) groups is 2. The van der Waals surface area contributed by atoms with E-state index in [2.05, 4.69) is 0 Å². The van der Waals surface area contributed by atoms with Crippen LogP contribution in [0.4, 0.5) is 0 Å². The van der Waals surface area contributed by atoms with Crippen molar-refractivity contribution < 1.29 is 19.8 Å². The summed E-state index contributed by atoms with van der Waals surface area (Å²) in [6.45, 7) is 0. The Kier molecular flexibility index (Phi) is 3.71. The van der Waals surface area contributed by atoms with Gasteiger partial charge in [-0.2, -0.15) is 0 Å². The number of rotatable bonds is 4. The molecule has 1 atom stereocenters. The van der Waals surface area contributed by atoms with Crippen LogP contribution in [0.5, 0.6) is 0 Å². The van der Waals surface area contributed by atoms with Gasteiger partial charge in [0.15, 0.2) is 0 Å². The molecule has 4 nitrogen and oxygen atoms in total. The Hall–Kier alpha value is -2.07. The van der Waals surface area contributed by atoms with Gasteiger partial charge in [-0.05, 0) is 28.5 Å². The Morgan fingerprint density at radius 1 is 1.16 bits per heavy atom. The SMILES string of the molecule is O=C(O)CC(C(=O)O)c1cccc2cc(Cl)ccc12. The maximum atomic E-state index is 11.3. The summed E-state index contributed by atoms with van der Waals surface area (Å²) in [4.78, 5) is 22.0. The van der Waals surface area contributed by atoms with Crippen molar-refractivity contribution in [2.24, 2.45) is 0 Å². The molecule has 1 unspecified atom stereocenters. The number of fused-ring (bicyclic) bond motifs is 1. The molecule has 19 heavy (non-hydrogen) atoms. The molecule has 0 spiro atoms. The van der Waals surface area contributed by atoms with Crippen LogP contribution in [0.25, 0.3) is 10.8 Å². The zero-order valence-electron chi connectivity index (χ0n) is 9.84. The summed E-state index contributed by atoms with van der Waals surface area (Å²) in [5.41, 5.74) is 0.490. The van der Waals surface area contributed by atoms with E-state index in [1.165, 1.54) is 0 Å². The number of hydrogen-bond acceptors (Lipinski definition) is 2. The molecule has 2 N–H and O–H groups in total. The molecule has 0 radical (unpaired) electrons. The molecule has 0 aliphatic heterocycles. The maximum absolute atomic E-state index is 11.3. The second-order valence-electron chi connectivity index (χ2n) is 4.20. The Morgan fingerprint density at radius 2 is 1.89 bits per heavy atom. The summed E-state index contributed by atoms with van der Waals surface area (Å²) in [6.07, 6.45) is -0.447. The summed E-state index contributed by atoms with van der Waals surface area (Å²) < 4.78 is 0. The van der Waals surface area contributed by atoms with Gasteiger partial charge in [0.05, 0.1) is 12.3 Å². The lowest BCUT2D eigenvalue weighted by Gasteiger charge is -2.13. The van der Waals surface area contributed by atoms with E-state index in [1.54, 1.807) is 30.3 Å². The minimum absolute atomic E-state index is 0.447. The zero-order valence-corrected chi connectivity index (χ0v) is 10.6. The van der Waals surface area contributed by atoms with Gasteiger partial charge < -0.3 is 10.2 Å². The van der Waals surface area contributed by atoms with Gasteiger partial charge in [0, 0.05) is 5.02 Å². The van der Waals surface area contributed by atoms with Crippen LogP contribution in [0.1, 0.15) is 17.9 Å². The van der Waals surface area contributed by atoms with E-state index in [4.69, 9.17) is 16.7 Å². The molecule has 0 fully saturated rings. The van der Waals surface area contributed by atoms with Crippen molar-refractivity contribution >= 4 is 34.3 Å². The fourth-order valence-corrected chi connectivity index (χ4v) is 2.27. The van der Waals surface area contributed by atoms with Crippen LogP contribution in [0.2, 0.25) is 5.02 Å². The van der Waals surface area contributed by atoms with Crippen LogP contribution < -0.4 is 0 Å². The lowest BCUT2D eigenvalue weighted by Crippen LogP contribution is -2.16. The van der Waals surface area contributed by atoms with Gasteiger partial charge in [-0.3, -0.25) is 9.59 Å². The molecule has 2 rings (SSSR count). The molecule has 0 aliphatic rings. The number of carboxylic acid groups (broad SMARTS) is 2. The molecular formula is C14H11ClO4. The topological polar surface area (TPSA) is 74.6 Å². The second-order valence-corrected chi connectivity index (χ2v) is 4.64. The van der Waals surface area contributed by atoms with E-state index in [0.717, 1.165) is 5.39 Å². The predicted octanol–water partition coefficient (Wildman–Crippen LogP) is 3.14. The fraction of sp³-hybridized carbons (Fsp3) is 0.143. The summed E-state index contributed by atoms with van der Waals surface area (Å²) in [7, 11) is 0. The third-order valence-corrected chi connectivity index (χ3v) is 3.16. The van der Waals surface area contributed by atoms with Crippen molar-refractivity contribution in [3.8, 4) is 0 Å². The van der Waals surface area contributed by atoms with E-state index in [-0.39, 0.29) is 0 Å². The quantitative estimate of drug-likeness (QED) is 0.901. The van der Waals surface area contributed by atoms with Gasteiger partial charge >= 0.3 is 11.9 Å². The van der Waals surface area contributed by atoms with Gasteiger partial charge in [0.2, 0.25) is 0 Å². The maximum Gasteiger partial charge on any atom is 0.311 e. The highest BCUT2D eigenvalue weighted by atomic mass is 35.5. The Bertz CT molecular complexity index is 651. The molecule has 0 heterocycles. The number of hydrogen-bond donors (Lipinski definition) is 2. The lowest BCUT2D eigenvalue weighted by atomic mass is 9.91. The number of halogens is 1. The standard InChI is InChI=1S/C14H11ClO4/c15-9-4-5-10-8(6-9)2-1-3-11(10)12(14(18)19)7-13(16)17/h1-6,12H,7H2,(H,16,17)(H,18,19). The zero-order chi connectivity index (χ0) is 14.0. The molecule has 0 amide bonds. The lowest BCUT2D eigenvalue weighted by molar-refractivity contribution is -0.145. The highest BCUT2D eigenvalue weighted by Gasteiger charge is 2.24. The van der Waals surface area contributed by atoms with E-state index >= 15 is 0 Å². The first-order valence-corrected chi connectivity index (χ1v) is 5.99. The van der Waals surface area contributed by atoms with Crippen molar-refractivity contribution in [1.82, 2.24) is 0 Å². The van der Waals surface area contributed by atoms with Crippen LogP contribution in [-0.2, 0) is 9.59 Å². The van der Waals surface area contributed by atoms with Gasteiger partial charge in [-0.15, -0.1) is 0 Å². The molecule has 2 aromatic carbocycles. The van der Waals surface area contributed by atoms with Crippen molar-refractivity contribution in [2.45, 2.75) is 12.3 Å². The molecule has 5 heteroatoms. The van der Waals surface area contributed by atoms with Crippen molar-refractivity contribution in [2.75, 3.05) is 0 Å². The first-order valence-electron chi connectivity index (χ1n) is 5.62. The molecular weight excluding hydrogens is 268 g/mol. The number of benzene rings is 2. The first-order chi connectivity index (χ1) is 8.99. The average Bonchev–Trinajstić information content (AvgIpc) is 2.34. The van der Waals surface area contributed by atoms with Crippen LogP contribution >= 0.6 is 11.6 Å². The normalized spacial score (nSPS) is 12.3. The summed E-state index contributed by atoms with van der Waals surface area (Å²) in [6, 6.07) is 10.2. The highest BCUT2D eigenvalue weighted by Crippen LogP contribution is 2.29. The smallest absolute Gasteiger partial charge is 0.311 e. The third kappa shape index (κ3) is 2.85. The summed E-state index contributed by atoms with van der Waals surface area (Å²) in [5, 5.41) is 20.1. The van der Waals surface area contributed by atoms with Gasteiger partial charge in [-0.1, -0.05) is 35.9 Å². The molecule has 2 aromatic rings. The molecule has 0 aliphatic carbocycles. The summed E-state index contributed by atoms with van der Waals surface area (Å²) >= 11 is 5.89. The highest BCUT2D eigenvalue weighted by molar-refractivity contribution is 6.31. The van der Waals surface area contributed by atoms with E-state index in [1.807, 2.05) is 6.07 Å². The fourth-order valence-electron chi connectivity index (χ4n) is 2.09. The van der Waals surface area contributed by atoms with E-state index in [0.29, 0.717) is 16.0 Å². The molecule has 0 saturated heterocycles. The monoisotopic (exact) mass is 278 g/mol. The Morgan fingerprint density at radius 3 is 2.53 bits per heavy atom. The van der Waals surface area contributed by atoms with Crippen molar-refractivity contribution in [3.05, 3.63) is 47.0 Å². The minimum Gasteiger partial charge on any atom is -0.481 e. The predicted molar refractivity (Wildman–Crippen MR) is 71.6 cm³/mol. The van der Waals surface area contributed by atoms with Crippen LogP contribution in [-0.4, -0.2) is 22.2 Å². The summed E-state index contributed by atoms with van der Waals surface area (Å²) in [5.74, 6) is -3.36. The molecule has 0 bridgehead atoms. The molecule has 98 valence electrons.